The normalized spacial score (nSPS) is 11.4. The summed E-state index contributed by atoms with van der Waals surface area (Å²) in [5, 5.41) is 13.7. The van der Waals surface area contributed by atoms with Crippen molar-refractivity contribution in [2.45, 2.75) is 19.8 Å². The summed E-state index contributed by atoms with van der Waals surface area (Å²) >= 11 is 5.80. The fourth-order valence-electron chi connectivity index (χ4n) is 1.76. The third kappa shape index (κ3) is 3.24. The van der Waals surface area contributed by atoms with E-state index in [1.54, 1.807) is 29.2 Å². The lowest BCUT2D eigenvalue weighted by atomic mass is 10.1. The number of carboxylic acids is 1. The molecule has 0 bridgehead atoms. The number of aliphatic carboxylic acids is 1. The van der Waals surface area contributed by atoms with Crippen molar-refractivity contribution in [3.8, 4) is 5.82 Å². The Morgan fingerprint density at radius 3 is 2.75 bits per heavy atom. The predicted molar refractivity (Wildman–Crippen MR) is 77.1 cm³/mol. The van der Waals surface area contributed by atoms with Crippen LogP contribution in [-0.4, -0.2) is 25.8 Å². The third-order valence-corrected chi connectivity index (χ3v) is 2.90. The summed E-state index contributed by atoms with van der Waals surface area (Å²) in [5.41, 5.74) is 1.58. The van der Waals surface area contributed by atoms with Crippen molar-refractivity contribution < 1.29 is 9.90 Å². The van der Waals surface area contributed by atoms with E-state index in [4.69, 9.17) is 16.7 Å². The molecule has 1 N–H and O–H groups in total. The van der Waals surface area contributed by atoms with Gasteiger partial charge in [-0.25, -0.2) is 14.5 Å². The quantitative estimate of drug-likeness (QED) is 0.879. The van der Waals surface area contributed by atoms with Crippen LogP contribution in [0.15, 0.2) is 30.6 Å². The van der Waals surface area contributed by atoms with Crippen molar-refractivity contribution in [2.24, 2.45) is 0 Å². The molecule has 0 aliphatic heterocycles. The van der Waals surface area contributed by atoms with E-state index in [-0.39, 0.29) is 5.92 Å². The zero-order chi connectivity index (χ0) is 14.7. The van der Waals surface area contributed by atoms with Gasteiger partial charge in [0.05, 0.1) is 10.7 Å². The smallest absolute Gasteiger partial charge is 0.328 e. The number of nitrogens with zero attached hydrogens (tertiary/aromatic N) is 3. The molecule has 0 radical (unpaired) electrons. The lowest BCUT2D eigenvalue weighted by Gasteiger charge is -2.01. The van der Waals surface area contributed by atoms with Gasteiger partial charge in [0.2, 0.25) is 0 Å². The van der Waals surface area contributed by atoms with Crippen molar-refractivity contribution in [1.82, 2.24) is 14.8 Å². The van der Waals surface area contributed by atoms with Gasteiger partial charge in [0, 0.05) is 24.0 Å². The molecule has 0 fully saturated rings. The van der Waals surface area contributed by atoms with Crippen LogP contribution in [0, 0.1) is 0 Å². The van der Waals surface area contributed by atoms with Gasteiger partial charge in [-0.1, -0.05) is 25.4 Å². The molecule has 2 aromatic heterocycles. The van der Waals surface area contributed by atoms with Crippen LogP contribution >= 0.6 is 11.6 Å². The minimum absolute atomic E-state index is 0.178. The van der Waals surface area contributed by atoms with Gasteiger partial charge in [-0.3, -0.25) is 0 Å². The van der Waals surface area contributed by atoms with Crippen LogP contribution in [0.1, 0.15) is 31.0 Å². The van der Waals surface area contributed by atoms with E-state index in [1.165, 1.54) is 6.08 Å². The van der Waals surface area contributed by atoms with Gasteiger partial charge in [-0.2, -0.15) is 5.10 Å². The van der Waals surface area contributed by atoms with Crippen molar-refractivity contribution in [2.75, 3.05) is 0 Å². The first kappa shape index (κ1) is 14.3. The van der Waals surface area contributed by atoms with Crippen molar-refractivity contribution in [1.29, 1.82) is 0 Å². The average molecular weight is 292 g/mol. The highest BCUT2D eigenvalue weighted by Crippen LogP contribution is 2.21. The number of hydrogen-bond acceptors (Lipinski definition) is 3. The molecule has 2 rings (SSSR count). The first-order chi connectivity index (χ1) is 9.47. The molecule has 2 heterocycles. The van der Waals surface area contributed by atoms with E-state index >= 15 is 0 Å². The molecular weight excluding hydrogens is 278 g/mol. The Balaban J connectivity index is 2.43. The molecule has 0 aliphatic rings. The average Bonchev–Trinajstić information content (AvgIpc) is 2.81. The molecule has 104 valence electrons. The van der Waals surface area contributed by atoms with Gasteiger partial charge in [0.1, 0.15) is 0 Å². The molecule has 0 amide bonds. The minimum Gasteiger partial charge on any atom is -0.478 e. The standard InChI is InChI=1S/C14H14ClN3O2/c1-9(2)14-10(3-6-13(19)20)8-18(17-14)12-5-4-11(15)7-16-12/h3-9H,1-2H3,(H,19,20)/b6-3+. The van der Waals surface area contributed by atoms with Crippen LogP contribution in [0.25, 0.3) is 11.9 Å². The number of halogens is 1. The Hall–Kier alpha value is -2.14. The molecule has 20 heavy (non-hydrogen) atoms. The van der Waals surface area contributed by atoms with Crippen LogP contribution in [0.3, 0.4) is 0 Å². The SMILES string of the molecule is CC(C)c1nn(-c2ccc(Cl)cn2)cc1/C=C/C(=O)O. The van der Waals surface area contributed by atoms with Crippen LogP contribution in [0.4, 0.5) is 0 Å². The first-order valence-electron chi connectivity index (χ1n) is 6.10. The van der Waals surface area contributed by atoms with Gasteiger partial charge in [0.25, 0.3) is 0 Å². The Morgan fingerprint density at radius 1 is 1.45 bits per heavy atom. The highest BCUT2D eigenvalue weighted by atomic mass is 35.5. The van der Waals surface area contributed by atoms with Crippen LogP contribution < -0.4 is 0 Å². The summed E-state index contributed by atoms with van der Waals surface area (Å²) in [7, 11) is 0. The summed E-state index contributed by atoms with van der Waals surface area (Å²) in [6.07, 6.45) is 5.94. The number of rotatable bonds is 4. The summed E-state index contributed by atoms with van der Waals surface area (Å²) in [4.78, 5) is 14.8. The number of aromatic nitrogens is 3. The Morgan fingerprint density at radius 2 is 2.20 bits per heavy atom. The Bertz CT molecular complexity index is 645. The topological polar surface area (TPSA) is 68.0 Å². The second kappa shape index (κ2) is 5.88. The fourth-order valence-corrected chi connectivity index (χ4v) is 1.87. The van der Waals surface area contributed by atoms with E-state index in [2.05, 4.69) is 10.1 Å². The molecule has 0 saturated heterocycles. The van der Waals surface area contributed by atoms with Gasteiger partial charge in [-0.05, 0) is 24.1 Å². The number of carbonyl (C=O) groups is 1. The predicted octanol–water partition coefficient (Wildman–Crippen LogP) is 3.14. The molecule has 0 aliphatic carbocycles. The molecule has 0 spiro atoms. The van der Waals surface area contributed by atoms with Crippen molar-refractivity contribution in [3.05, 3.63) is 46.9 Å². The maximum absolute atomic E-state index is 10.6. The maximum Gasteiger partial charge on any atom is 0.328 e. The first-order valence-corrected chi connectivity index (χ1v) is 6.47. The molecule has 2 aromatic rings. The van der Waals surface area contributed by atoms with E-state index in [9.17, 15) is 4.79 Å². The number of carboxylic acid groups (broad SMARTS) is 1. The van der Waals surface area contributed by atoms with Gasteiger partial charge in [0.15, 0.2) is 5.82 Å². The van der Waals surface area contributed by atoms with Gasteiger partial charge < -0.3 is 5.11 Å². The van der Waals surface area contributed by atoms with E-state index in [0.717, 1.165) is 17.3 Å². The largest absolute Gasteiger partial charge is 0.478 e. The second-order valence-electron chi connectivity index (χ2n) is 4.58. The van der Waals surface area contributed by atoms with Gasteiger partial charge in [-0.15, -0.1) is 0 Å². The zero-order valence-corrected chi connectivity index (χ0v) is 11.9. The minimum atomic E-state index is -0.989. The zero-order valence-electron chi connectivity index (χ0n) is 11.1. The van der Waals surface area contributed by atoms with E-state index < -0.39 is 5.97 Å². The van der Waals surface area contributed by atoms with Crippen molar-refractivity contribution in [3.63, 3.8) is 0 Å². The van der Waals surface area contributed by atoms with E-state index in [1.807, 2.05) is 13.8 Å². The third-order valence-electron chi connectivity index (χ3n) is 2.67. The molecule has 0 atom stereocenters. The Labute approximate surface area is 121 Å². The summed E-state index contributed by atoms with van der Waals surface area (Å²) in [6, 6.07) is 3.48. The second-order valence-corrected chi connectivity index (χ2v) is 5.01. The monoisotopic (exact) mass is 291 g/mol. The molecule has 5 nitrogen and oxygen atoms in total. The number of hydrogen-bond donors (Lipinski definition) is 1. The van der Waals surface area contributed by atoms with Crippen LogP contribution in [-0.2, 0) is 4.79 Å². The summed E-state index contributed by atoms with van der Waals surface area (Å²) in [6.45, 7) is 4.00. The van der Waals surface area contributed by atoms with E-state index in [0.29, 0.717) is 10.8 Å². The van der Waals surface area contributed by atoms with Crippen molar-refractivity contribution >= 4 is 23.6 Å². The highest BCUT2D eigenvalue weighted by molar-refractivity contribution is 6.30. The lowest BCUT2D eigenvalue weighted by Crippen LogP contribution is -1.99. The van der Waals surface area contributed by atoms with Gasteiger partial charge >= 0.3 is 5.97 Å². The molecule has 6 heteroatoms. The fraction of sp³-hybridized carbons (Fsp3) is 0.214. The van der Waals surface area contributed by atoms with Crippen LogP contribution in [0.2, 0.25) is 5.02 Å². The molecular formula is C14H14ClN3O2. The maximum atomic E-state index is 10.6. The summed E-state index contributed by atoms with van der Waals surface area (Å²) < 4.78 is 1.62. The summed E-state index contributed by atoms with van der Waals surface area (Å²) in [5.74, 6) is -0.180. The molecule has 0 aromatic carbocycles. The molecule has 0 saturated carbocycles. The highest BCUT2D eigenvalue weighted by Gasteiger charge is 2.12. The number of pyridine rings is 1. The van der Waals surface area contributed by atoms with Crippen LogP contribution in [0.5, 0.6) is 0 Å². The molecule has 0 unspecified atom stereocenters. The lowest BCUT2D eigenvalue weighted by molar-refractivity contribution is -0.131. The Kier molecular flexibility index (Phi) is 4.20.